The largest absolute Gasteiger partial charge is 0.228 e. The molecule has 1 atom stereocenters. The summed E-state index contributed by atoms with van der Waals surface area (Å²) in [5.74, 6) is 5.25. The first-order valence-electron chi connectivity index (χ1n) is 2.89. The maximum atomic E-state index is 10.5. The summed E-state index contributed by atoms with van der Waals surface area (Å²) in [4.78, 5) is 0. The molecule has 0 saturated heterocycles. The monoisotopic (exact) mass is 161 g/mol. The van der Waals surface area contributed by atoms with E-state index in [2.05, 4.69) is 11.8 Å². The molecule has 10 heavy (non-hydrogen) atoms. The van der Waals surface area contributed by atoms with E-state index in [1.54, 1.807) is 13.8 Å². The third-order valence-corrected chi connectivity index (χ3v) is 2.42. The summed E-state index contributed by atoms with van der Waals surface area (Å²) < 4.78 is 21.1. The standard InChI is InChI=1S/C6H11NO2S/c1-3-4-5-6(2)10(7,8)9/h6H,5H2,1-2H3,(H2,7,8,9)/t6-/m1/s1. The fraction of sp³-hybridized carbons (Fsp3) is 0.667. The number of rotatable bonds is 2. The molecule has 0 aliphatic heterocycles. The van der Waals surface area contributed by atoms with E-state index in [4.69, 9.17) is 5.14 Å². The van der Waals surface area contributed by atoms with Crippen LogP contribution in [0, 0.1) is 11.8 Å². The van der Waals surface area contributed by atoms with Crippen LogP contribution in [0.5, 0.6) is 0 Å². The highest BCUT2D eigenvalue weighted by atomic mass is 32.2. The van der Waals surface area contributed by atoms with Gasteiger partial charge in [0.1, 0.15) is 0 Å². The van der Waals surface area contributed by atoms with Crippen molar-refractivity contribution in [1.82, 2.24) is 0 Å². The van der Waals surface area contributed by atoms with Crippen LogP contribution >= 0.6 is 0 Å². The second kappa shape index (κ2) is 3.59. The third kappa shape index (κ3) is 3.49. The number of nitrogens with two attached hydrogens (primary N) is 1. The third-order valence-electron chi connectivity index (χ3n) is 1.13. The number of primary sulfonamides is 1. The second-order valence-electron chi connectivity index (χ2n) is 2.03. The first-order chi connectivity index (χ1) is 4.48. The van der Waals surface area contributed by atoms with Gasteiger partial charge in [0.25, 0.3) is 0 Å². The fourth-order valence-electron chi connectivity index (χ4n) is 0.362. The Labute approximate surface area is 61.7 Å². The summed E-state index contributed by atoms with van der Waals surface area (Å²) in [6.07, 6.45) is 0.315. The Kier molecular flexibility index (Phi) is 3.40. The summed E-state index contributed by atoms with van der Waals surface area (Å²) in [6.45, 7) is 3.20. The average molecular weight is 161 g/mol. The lowest BCUT2D eigenvalue weighted by atomic mass is 10.3. The van der Waals surface area contributed by atoms with Gasteiger partial charge in [-0.1, -0.05) is 0 Å². The molecular formula is C6H11NO2S. The molecule has 0 heterocycles. The molecule has 0 spiro atoms. The van der Waals surface area contributed by atoms with Crippen LogP contribution in [0.3, 0.4) is 0 Å². The summed E-state index contributed by atoms with van der Waals surface area (Å²) in [5, 5.41) is 4.27. The van der Waals surface area contributed by atoms with Crippen LogP contribution < -0.4 is 5.14 Å². The van der Waals surface area contributed by atoms with Gasteiger partial charge in [-0.05, 0) is 13.8 Å². The Bertz CT molecular complexity index is 245. The normalized spacial score (nSPS) is 13.5. The highest BCUT2D eigenvalue weighted by Crippen LogP contribution is 1.98. The van der Waals surface area contributed by atoms with Gasteiger partial charge in [0.15, 0.2) is 0 Å². The van der Waals surface area contributed by atoms with Gasteiger partial charge in [0, 0.05) is 6.42 Å². The lowest BCUT2D eigenvalue weighted by Crippen LogP contribution is -2.25. The SMILES string of the molecule is CC#CC[C@@H](C)S(N)(=O)=O. The lowest BCUT2D eigenvalue weighted by molar-refractivity contribution is 0.586. The van der Waals surface area contributed by atoms with Gasteiger partial charge in [0.2, 0.25) is 10.0 Å². The van der Waals surface area contributed by atoms with Crippen molar-refractivity contribution in [2.75, 3.05) is 0 Å². The average Bonchev–Trinajstić information content (AvgIpc) is 1.80. The Hall–Kier alpha value is -0.530. The van der Waals surface area contributed by atoms with Crippen LogP contribution in [0.2, 0.25) is 0 Å². The summed E-state index contributed by atoms with van der Waals surface area (Å²) in [7, 11) is -3.38. The molecule has 0 amide bonds. The van der Waals surface area contributed by atoms with Crippen LogP contribution in [0.25, 0.3) is 0 Å². The fourth-order valence-corrected chi connectivity index (χ4v) is 0.678. The molecule has 0 bridgehead atoms. The highest BCUT2D eigenvalue weighted by Gasteiger charge is 2.12. The molecule has 0 aromatic carbocycles. The first-order valence-corrected chi connectivity index (χ1v) is 4.50. The summed E-state index contributed by atoms with van der Waals surface area (Å²) in [5.41, 5.74) is 0. The Morgan fingerprint density at radius 2 is 2.10 bits per heavy atom. The van der Waals surface area contributed by atoms with Crippen molar-refractivity contribution >= 4 is 10.0 Å². The molecule has 0 radical (unpaired) electrons. The van der Waals surface area contributed by atoms with Crippen LogP contribution in [0.4, 0.5) is 0 Å². The molecule has 0 aliphatic carbocycles. The van der Waals surface area contributed by atoms with Gasteiger partial charge in [-0.25, -0.2) is 13.6 Å². The van der Waals surface area contributed by atoms with Crippen LogP contribution in [-0.2, 0) is 10.0 Å². The van der Waals surface area contributed by atoms with Crippen LogP contribution in [-0.4, -0.2) is 13.7 Å². The van der Waals surface area contributed by atoms with Crippen molar-refractivity contribution in [1.29, 1.82) is 0 Å². The van der Waals surface area contributed by atoms with E-state index in [-0.39, 0.29) is 0 Å². The number of hydrogen-bond acceptors (Lipinski definition) is 2. The van der Waals surface area contributed by atoms with Crippen LogP contribution in [0.1, 0.15) is 20.3 Å². The molecule has 0 aromatic heterocycles. The van der Waals surface area contributed by atoms with Crippen molar-refractivity contribution in [2.45, 2.75) is 25.5 Å². The minimum Gasteiger partial charge on any atom is -0.228 e. The lowest BCUT2D eigenvalue weighted by Gasteiger charge is -2.01. The van der Waals surface area contributed by atoms with E-state index in [0.29, 0.717) is 6.42 Å². The van der Waals surface area contributed by atoms with Crippen molar-refractivity contribution in [3.05, 3.63) is 0 Å². The molecule has 0 saturated carbocycles. The Balaban J connectivity index is 4.08. The predicted molar refractivity (Wildman–Crippen MR) is 40.6 cm³/mol. The van der Waals surface area contributed by atoms with Gasteiger partial charge in [-0.2, -0.15) is 0 Å². The van der Waals surface area contributed by atoms with Gasteiger partial charge in [-0.15, -0.1) is 11.8 Å². The smallest absolute Gasteiger partial charge is 0.212 e. The molecule has 58 valence electrons. The zero-order chi connectivity index (χ0) is 8.20. The summed E-state index contributed by atoms with van der Waals surface area (Å²) >= 11 is 0. The number of sulfonamides is 1. The van der Waals surface area contributed by atoms with Crippen molar-refractivity contribution in [2.24, 2.45) is 5.14 Å². The van der Waals surface area contributed by atoms with Crippen molar-refractivity contribution in [3.63, 3.8) is 0 Å². The van der Waals surface area contributed by atoms with Crippen molar-refractivity contribution < 1.29 is 8.42 Å². The number of hydrogen-bond donors (Lipinski definition) is 1. The molecular weight excluding hydrogens is 150 g/mol. The molecule has 0 rings (SSSR count). The molecule has 0 aromatic rings. The molecule has 3 nitrogen and oxygen atoms in total. The molecule has 2 N–H and O–H groups in total. The van der Waals surface area contributed by atoms with Crippen molar-refractivity contribution in [3.8, 4) is 11.8 Å². The molecule has 0 aliphatic rings. The van der Waals surface area contributed by atoms with E-state index in [1.165, 1.54) is 0 Å². The minimum absolute atomic E-state index is 0.315. The van der Waals surface area contributed by atoms with E-state index in [0.717, 1.165) is 0 Å². The molecule has 0 unspecified atom stereocenters. The van der Waals surface area contributed by atoms with Gasteiger partial charge in [-0.3, -0.25) is 0 Å². The molecule has 0 fully saturated rings. The van der Waals surface area contributed by atoms with E-state index < -0.39 is 15.3 Å². The maximum Gasteiger partial charge on any atom is 0.212 e. The topological polar surface area (TPSA) is 60.2 Å². The van der Waals surface area contributed by atoms with E-state index in [1.807, 2.05) is 0 Å². The Morgan fingerprint density at radius 3 is 2.40 bits per heavy atom. The predicted octanol–water partition coefficient (Wildman–Crippen LogP) is 0.0768. The molecule has 4 heteroatoms. The zero-order valence-electron chi connectivity index (χ0n) is 6.09. The summed E-state index contributed by atoms with van der Waals surface area (Å²) in [6, 6.07) is 0. The quantitative estimate of drug-likeness (QED) is 0.583. The second-order valence-corrected chi connectivity index (χ2v) is 4.01. The zero-order valence-corrected chi connectivity index (χ0v) is 6.90. The van der Waals surface area contributed by atoms with Gasteiger partial charge >= 0.3 is 0 Å². The van der Waals surface area contributed by atoms with Crippen LogP contribution in [0.15, 0.2) is 0 Å². The maximum absolute atomic E-state index is 10.5. The first kappa shape index (κ1) is 9.47. The van der Waals surface area contributed by atoms with E-state index in [9.17, 15) is 8.42 Å². The van der Waals surface area contributed by atoms with Gasteiger partial charge < -0.3 is 0 Å². The minimum atomic E-state index is -3.38. The van der Waals surface area contributed by atoms with Gasteiger partial charge in [0.05, 0.1) is 5.25 Å². The Morgan fingerprint density at radius 1 is 1.60 bits per heavy atom. The highest BCUT2D eigenvalue weighted by molar-refractivity contribution is 7.89. The van der Waals surface area contributed by atoms with E-state index >= 15 is 0 Å².